The van der Waals surface area contributed by atoms with E-state index in [1.807, 2.05) is 0 Å². The molecule has 4 nitrogen and oxygen atoms in total. The quantitative estimate of drug-likeness (QED) is 0.250. The number of terminal acetylenes is 1. The highest BCUT2D eigenvalue weighted by Crippen LogP contribution is 2.68. The number of hydrogen-bond donors (Lipinski definition) is 1. The molecule has 0 heterocycles. The van der Waals surface area contributed by atoms with Crippen LogP contribution in [0.3, 0.4) is 0 Å². The molecule has 0 spiro atoms. The molecule has 2 aromatic carbocycles. The third-order valence-electron chi connectivity index (χ3n) is 11.0. The van der Waals surface area contributed by atoms with E-state index in [2.05, 4.69) is 55.3 Å². The number of Topliss-reactive ketones (excluding diaryl/α,β-unsaturated/α-hetero) is 1. The number of carbonyl (C=O) groups is 1. The van der Waals surface area contributed by atoms with Crippen molar-refractivity contribution in [2.24, 2.45) is 17.3 Å². The molecule has 4 heteroatoms. The first kappa shape index (κ1) is 25.4. The van der Waals surface area contributed by atoms with Crippen LogP contribution in [0.2, 0.25) is 0 Å². The molecule has 0 bridgehead atoms. The van der Waals surface area contributed by atoms with Gasteiger partial charge in [-0.15, -0.1) is 6.42 Å². The second kappa shape index (κ2) is 9.50. The van der Waals surface area contributed by atoms with Crippen LogP contribution in [0, 0.1) is 29.6 Å². The van der Waals surface area contributed by atoms with Crippen LogP contribution in [0.15, 0.2) is 42.5 Å². The van der Waals surface area contributed by atoms with Crippen LogP contribution in [-0.4, -0.2) is 35.8 Å². The molecule has 0 aromatic heterocycles. The van der Waals surface area contributed by atoms with Gasteiger partial charge in [-0.1, -0.05) is 37.3 Å². The summed E-state index contributed by atoms with van der Waals surface area (Å²) in [5, 5.41) is 11.8. The monoisotopic (exact) mass is 524 g/mol. The Labute approximate surface area is 232 Å². The van der Waals surface area contributed by atoms with Gasteiger partial charge in [-0.05, 0) is 128 Å². The SMILES string of the molecule is C#CC(=O)[C@]1(O)CC[C@H]2[C@@H]3CCc4cc(OCCOC5CC5)ccc4C3[C@@H](c3ccc(C4CC4)cc3)C[C@@]21C. The predicted molar refractivity (Wildman–Crippen MR) is 151 cm³/mol. The maximum absolute atomic E-state index is 13.0. The highest BCUT2D eigenvalue weighted by Gasteiger charge is 2.66. The molecular formula is C35H40O4. The molecule has 1 N–H and O–H groups in total. The topological polar surface area (TPSA) is 55.8 Å². The summed E-state index contributed by atoms with van der Waals surface area (Å²) in [6.07, 6.45) is 15.1. The van der Waals surface area contributed by atoms with Gasteiger partial charge >= 0.3 is 0 Å². The zero-order valence-corrected chi connectivity index (χ0v) is 23.0. The van der Waals surface area contributed by atoms with Crippen molar-refractivity contribution in [2.75, 3.05) is 13.2 Å². The molecule has 4 saturated carbocycles. The third kappa shape index (κ3) is 4.25. The van der Waals surface area contributed by atoms with E-state index in [0.717, 1.165) is 37.4 Å². The van der Waals surface area contributed by atoms with Crippen LogP contribution in [0.25, 0.3) is 0 Å². The summed E-state index contributed by atoms with van der Waals surface area (Å²) < 4.78 is 11.8. The minimum absolute atomic E-state index is 0.220. The zero-order chi connectivity index (χ0) is 26.8. The summed E-state index contributed by atoms with van der Waals surface area (Å²) >= 11 is 0. The molecule has 0 aliphatic heterocycles. The summed E-state index contributed by atoms with van der Waals surface area (Å²) in [5.74, 6) is 4.76. The van der Waals surface area contributed by atoms with E-state index < -0.39 is 16.8 Å². The van der Waals surface area contributed by atoms with Gasteiger partial charge in [0.25, 0.3) is 0 Å². The molecule has 2 aromatic rings. The van der Waals surface area contributed by atoms with Gasteiger partial charge in [0.05, 0.1) is 12.7 Å². The lowest BCUT2D eigenvalue weighted by atomic mass is 9.49. The van der Waals surface area contributed by atoms with Gasteiger partial charge in [0.15, 0.2) is 0 Å². The molecule has 5 aliphatic carbocycles. The molecule has 0 saturated heterocycles. The average Bonchev–Trinajstić information content (AvgIpc) is 3.89. The van der Waals surface area contributed by atoms with E-state index in [9.17, 15) is 9.90 Å². The van der Waals surface area contributed by atoms with Crippen molar-refractivity contribution in [1.82, 2.24) is 0 Å². The number of ether oxygens (including phenoxy) is 2. The summed E-state index contributed by atoms with van der Waals surface area (Å²) in [5.41, 5.74) is 3.59. The molecule has 204 valence electrons. The fourth-order valence-electron chi connectivity index (χ4n) is 8.64. The van der Waals surface area contributed by atoms with Gasteiger partial charge < -0.3 is 14.6 Å². The number of carbonyl (C=O) groups excluding carboxylic acids is 1. The van der Waals surface area contributed by atoms with Crippen molar-refractivity contribution in [3.63, 3.8) is 0 Å². The van der Waals surface area contributed by atoms with Crippen LogP contribution in [0.1, 0.15) is 98.3 Å². The molecule has 0 amide bonds. The van der Waals surface area contributed by atoms with E-state index in [-0.39, 0.29) is 11.8 Å². The van der Waals surface area contributed by atoms with Gasteiger partial charge in [-0.25, -0.2) is 0 Å². The minimum atomic E-state index is -1.44. The van der Waals surface area contributed by atoms with E-state index in [0.29, 0.717) is 37.6 Å². The van der Waals surface area contributed by atoms with Crippen molar-refractivity contribution >= 4 is 5.78 Å². The second-order valence-corrected chi connectivity index (χ2v) is 13.2. The number of aliphatic hydroxyl groups is 1. The summed E-state index contributed by atoms with van der Waals surface area (Å²) in [7, 11) is 0. The average molecular weight is 525 g/mol. The van der Waals surface area contributed by atoms with E-state index in [1.54, 1.807) is 0 Å². The van der Waals surface area contributed by atoms with Gasteiger partial charge in [0, 0.05) is 5.41 Å². The van der Waals surface area contributed by atoms with E-state index in [4.69, 9.17) is 15.9 Å². The number of ketones is 1. The number of fused-ring (bicyclic) bond motifs is 5. The van der Waals surface area contributed by atoms with Crippen LogP contribution < -0.4 is 4.74 Å². The molecule has 4 fully saturated rings. The van der Waals surface area contributed by atoms with E-state index in [1.165, 1.54) is 47.9 Å². The van der Waals surface area contributed by atoms with Crippen molar-refractivity contribution in [2.45, 2.75) is 94.2 Å². The number of benzene rings is 2. The highest BCUT2D eigenvalue weighted by atomic mass is 16.5. The van der Waals surface area contributed by atoms with Crippen molar-refractivity contribution in [1.29, 1.82) is 0 Å². The van der Waals surface area contributed by atoms with Crippen LogP contribution in [0.4, 0.5) is 0 Å². The lowest BCUT2D eigenvalue weighted by molar-refractivity contribution is -0.152. The largest absolute Gasteiger partial charge is 0.491 e. The fraction of sp³-hybridized carbons (Fsp3) is 0.571. The summed E-state index contributed by atoms with van der Waals surface area (Å²) in [6.45, 7) is 3.38. The first-order valence-electron chi connectivity index (χ1n) is 15.1. The lowest BCUT2D eigenvalue weighted by Crippen LogP contribution is -2.56. The Bertz CT molecular complexity index is 1300. The first-order chi connectivity index (χ1) is 18.9. The first-order valence-corrected chi connectivity index (χ1v) is 15.1. The minimum Gasteiger partial charge on any atom is -0.491 e. The standard InChI is InChI=1S/C35H40O4/c1-3-32(36)35(37)17-16-31-29-14-10-25-20-27(39-19-18-38-26-11-12-26)13-15-28(25)33(29)30(21-34(31,35)2)24-8-6-23(7-9-24)22-4-5-22/h1,6-9,13,15,20,22,26,29-31,33,37H,4-5,10-12,14,16-19,21H2,2H3/t29-,30+,31-,33?,34-,35+/m0/s1. The van der Waals surface area contributed by atoms with Crippen LogP contribution in [0.5, 0.6) is 5.75 Å². The van der Waals surface area contributed by atoms with Crippen molar-refractivity contribution in [3.05, 3.63) is 64.7 Å². The Morgan fingerprint density at radius 2 is 1.79 bits per heavy atom. The number of hydrogen-bond acceptors (Lipinski definition) is 4. The Morgan fingerprint density at radius 1 is 1.03 bits per heavy atom. The van der Waals surface area contributed by atoms with Gasteiger partial charge in [0.1, 0.15) is 18.0 Å². The number of aryl methyl sites for hydroxylation is 1. The smallest absolute Gasteiger partial charge is 0.237 e. The highest BCUT2D eigenvalue weighted by molar-refractivity contribution is 6.02. The normalized spacial score (nSPS) is 34.9. The van der Waals surface area contributed by atoms with Crippen LogP contribution >= 0.6 is 0 Å². The maximum atomic E-state index is 13.0. The summed E-state index contributed by atoms with van der Waals surface area (Å²) in [4.78, 5) is 13.0. The zero-order valence-electron chi connectivity index (χ0n) is 23.0. The molecule has 1 unspecified atom stereocenters. The second-order valence-electron chi connectivity index (χ2n) is 13.2. The lowest BCUT2D eigenvalue weighted by Gasteiger charge is -2.56. The molecule has 0 radical (unpaired) electrons. The van der Waals surface area contributed by atoms with Gasteiger partial charge in [0.2, 0.25) is 5.78 Å². The van der Waals surface area contributed by atoms with Crippen molar-refractivity contribution < 1.29 is 19.4 Å². The molecule has 39 heavy (non-hydrogen) atoms. The molecule has 5 aliphatic rings. The molecular weight excluding hydrogens is 484 g/mol. The fourth-order valence-corrected chi connectivity index (χ4v) is 8.64. The Kier molecular flexibility index (Phi) is 6.18. The Balaban J connectivity index is 1.23. The maximum Gasteiger partial charge on any atom is 0.237 e. The van der Waals surface area contributed by atoms with Crippen LogP contribution in [-0.2, 0) is 16.0 Å². The Morgan fingerprint density at radius 3 is 2.51 bits per heavy atom. The number of rotatable bonds is 8. The molecule has 7 rings (SSSR count). The Hall–Kier alpha value is -2.61. The third-order valence-corrected chi connectivity index (χ3v) is 11.0. The van der Waals surface area contributed by atoms with Crippen molar-refractivity contribution in [3.8, 4) is 18.1 Å². The van der Waals surface area contributed by atoms with Gasteiger partial charge in [-0.2, -0.15) is 0 Å². The van der Waals surface area contributed by atoms with Gasteiger partial charge in [-0.3, -0.25) is 4.79 Å². The predicted octanol–water partition coefficient (Wildman–Crippen LogP) is 6.31. The summed E-state index contributed by atoms with van der Waals surface area (Å²) in [6, 6.07) is 15.9. The van der Waals surface area contributed by atoms with E-state index >= 15 is 0 Å². The molecule has 6 atom stereocenters.